The normalized spacial score (nSPS) is 17.2. The predicted molar refractivity (Wildman–Crippen MR) is 133 cm³/mol. The lowest BCUT2D eigenvalue weighted by molar-refractivity contribution is 0.287. The molecule has 4 heterocycles. The largest absolute Gasteiger partial charge is 0.476 e. The molecule has 1 saturated carbocycles. The quantitative estimate of drug-likeness (QED) is 0.520. The van der Waals surface area contributed by atoms with Crippen LogP contribution < -0.4 is 9.64 Å². The van der Waals surface area contributed by atoms with Crippen molar-refractivity contribution in [1.82, 2.24) is 19.6 Å². The molecule has 0 amide bonds. The Labute approximate surface area is 194 Å². The number of pyridine rings is 1. The van der Waals surface area contributed by atoms with Gasteiger partial charge in [0.15, 0.2) is 0 Å². The van der Waals surface area contributed by atoms with E-state index >= 15 is 0 Å². The van der Waals surface area contributed by atoms with Gasteiger partial charge in [-0.05, 0) is 56.2 Å². The third kappa shape index (κ3) is 4.96. The summed E-state index contributed by atoms with van der Waals surface area (Å²) in [5, 5.41) is 13.9. The second-order valence-corrected chi connectivity index (χ2v) is 12.5. The summed E-state index contributed by atoms with van der Waals surface area (Å²) in [5.74, 6) is 6.28. The molecule has 3 aromatic rings. The third-order valence-corrected chi connectivity index (χ3v) is 6.87. The average Bonchev–Trinajstić information content (AvgIpc) is 3.54. The lowest BCUT2D eigenvalue weighted by Gasteiger charge is -2.31. The molecule has 1 aliphatic carbocycles. The summed E-state index contributed by atoms with van der Waals surface area (Å²) in [4.78, 5) is 11.8. The van der Waals surface area contributed by atoms with Gasteiger partial charge < -0.3 is 9.64 Å². The first-order chi connectivity index (χ1) is 15.9. The molecular formula is C24H29N7OS. The van der Waals surface area contributed by atoms with E-state index in [1.54, 1.807) is 16.9 Å². The number of anilines is 1. The Hall–Kier alpha value is -3.12. The number of nitriles is 1. The Bertz CT molecular complexity index is 1310. The fraction of sp³-hybridized carbons (Fsp3) is 0.458. The number of ether oxygens (including phenoxy) is 1. The third-order valence-electron chi connectivity index (χ3n) is 6.00. The van der Waals surface area contributed by atoms with E-state index < -0.39 is 9.41 Å². The molecule has 1 saturated heterocycles. The van der Waals surface area contributed by atoms with Gasteiger partial charge in [-0.3, -0.25) is 4.36 Å². The lowest BCUT2D eigenvalue weighted by atomic mass is 10.1. The molecule has 0 spiro atoms. The minimum absolute atomic E-state index is 0.394. The molecule has 0 unspecified atom stereocenters. The number of hydrogen-bond donors (Lipinski definition) is 0. The van der Waals surface area contributed by atoms with Crippen molar-refractivity contribution in [3.63, 3.8) is 0 Å². The van der Waals surface area contributed by atoms with E-state index in [2.05, 4.69) is 34.4 Å². The smallest absolute Gasteiger partial charge is 0.232 e. The molecule has 0 aromatic carbocycles. The molecule has 2 aliphatic rings. The Balaban J connectivity index is 1.39. The highest BCUT2D eigenvalue weighted by Crippen LogP contribution is 2.31. The zero-order valence-corrected chi connectivity index (χ0v) is 20.0. The zero-order chi connectivity index (χ0) is 23.0. The summed E-state index contributed by atoms with van der Waals surface area (Å²) in [7, 11) is -1.08. The van der Waals surface area contributed by atoms with Crippen LogP contribution in [0.2, 0.25) is 0 Å². The highest BCUT2D eigenvalue weighted by Gasteiger charge is 2.23. The Morgan fingerprint density at radius 3 is 2.64 bits per heavy atom. The van der Waals surface area contributed by atoms with E-state index in [0.717, 1.165) is 37.3 Å². The number of fused-ring (bicyclic) bond motifs is 1. The van der Waals surface area contributed by atoms with Crippen molar-refractivity contribution < 1.29 is 4.74 Å². The van der Waals surface area contributed by atoms with E-state index in [4.69, 9.17) is 19.1 Å². The van der Waals surface area contributed by atoms with Gasteiger partial charge in [-0.1, -0.05) is 5.87 Å². The molecule has 172 valence electrons. The lowest BCUT2D eigenvalue weighted by Crippen LogP contribution is -2.36. The highest BCUT2D eigenvalue weighted by atomic mass is 32.2. The fourth-order valence-corrected chi connectivity index (χ4v) is 5.17. The minimum Gasteiger partial charge on any atom is -0.476 e. The highest BCUT2D eigenvalue weighted by molar-refractivity contribution is 8.01. The fourth-order valence-electron chi connectivity index (χ4n) is 4.15. The van der Waals surface area contributed by atoms with Crippen LogP contribution in [-0.4, -0.2) is 63.7 Å². The molecule has 0 bridgehead atoms. The molecule has 9 heteroatoms. The molecule has 33 heavy (non-hydrogen) atoms. The van der Waals surface area contributed by atoms with Gasteiger partial charge in [0.25, 0.3) is 0 Å². The maximum atomic E-state index is 9.56. The summed E-state index contributed by atoms with van der Waals surface area (Å²) >= 11 is 0. The van der Waals surface area contributed by atoms with Crippen molar-refractivity contribution in [2.45, 2.75) is 31.7 Å². The molecule has 3 aromatic heterocycles. The van der Waals surface area contributed by atoms with E-state index in [1.165, 1.54) is 12.8 Å². The topological polar surface area (TPSA) is 91.7 Å². The Kier molecular flexibility index (Phi) is 5.71. The van der Waals surface area contributed by atoms with Crippen LogP contribution in [-0.2, 0) is 9.41 Å². The zero-order valence-electron chi connectivity index (χ0n) is 19.1. The summed E-state index contributed by atoms with van der Waals surface area (Å²) in [5.41, 5.74) is 2.66. The van der Waals surface area contributed by atoms with Crippen LogP contribution in [0.4, 0.5) is 5.82 Å². The van der Waals surface area contributed by atoms with Gasteiger partial charge in [-0.15, -0.1) is 9.41 Å². The number of nitrogens with zero attached hydrogens (tertiary/aromatic N) is 7. The van der Waals surface area contributed by atoms with Crippen LogP contribution in [0.5, 0.6) is 5.88 Å². The van der Waals surface area contributed by atoms with E-state index in [9.17, 15) is 5.26 Å². The van der Waals surface area contributed by atoms with Gasteiger partial charge in [0.05, 0.1) is 25.0 Å². The second kappa shape index (κ2) is 8.67. The molecule has 8 nitrogen and oxygen atoms in total. The van der Waals surface area contributed by atoms with Gasteiger partial charge in [0.1, 0.15) is 28.7 Å². The van der Waals surface area contributed by atoms with Crippen molar-refractivity contribution in [3.8, 4) is 23.2 Å². The van der Waals surface area contributed by atoms with Crippen LogP contribution >= 0.6 is 0 Å². The molecule has 0 atom stereocenters. The summed E-state index contributed by atoms with van der Waals surface area (Å²) in [6.45, 7) is 2.53. The van der Waals surface area contributed by atoms with Crippen LogP contribution in [0, 0.1) is 17.2 Å². The van der Waals surface area contributed by atoms with Crippen molar-refractivity contribution in [3.05, 3.63) is 36.3 Å². The van der Waals surface area contributed by atoms with Crippen LogP contribution in [0.25, 0.3) is 16.8 Å². The summed E-state index contributed by atoms with van der Waals surface area (Å²) < 4.78 is 12.5. The van der Waals surface area contributed by atoms with Crippen molar-refractivity contribution in [1.29, 1.82) is 5.26 Å². The van der Waals surface area contributed by atoms with E-state index in [1.807, 2.05) is 18.3 Å². The Morgan fingerprint density at radius 2 is 2.00 bits per heavy atom. The van der Waals surface area contributed by atoms with Crippen LogP contribution in [0.3, 0.4) is 0 Å². The SMILES string of the molecule is C=S(C)(C)=NC1CCN(c2ccc(-c3nc(OCC4CC4)cn4ncc(C#N)c34)cn2)CC1. The first kappa shape index (κ1) is 21.7. The molecule has 2 fully saturated rings. The first-order valence-corrected chi connectivity index (χ1v) is 13.9. The molecule has 0 radical (unpaired) electrons. The molecule has 1 aliphatic heterocycles. The minimum atomic E-state index is -1.08. The number of rotatable bonds is 6. The van der Waals surface area contributed by atoms with E-state index in [-0.39, 0.29) is 0 Å². The number of piperidine rings is 1. The average molecular weight is 464 g/mol. The second-order valence-electron chi connectivity index (χ2n) is 9.35. The van der Waals surface area contributed by atoms with Gasteiger partial charge in [0.2, 0.25) is 5.88 Å². The maximum Gasteiger partial charge on any atom is 0.232 e. The molecule has 5 rings (SSSR count). The monoisotopic (exact) mass is 463 g/mol. The van der Waals surface area contributed by atoms with Crippen LogP contribution in [0.15, 0.2) is 35.1 Å². The van der Waals surface area contributed by atoms with Crippen LogP contribution in [0.1, 0.15) is 31.2 Å². The predicted octanol–water partition coefficient (Wildman–Crippen LogP) is 3.45. The summed E-state index contributed by atoms with van der Waals surface area (Å²) in [6, 6.07) is 6.66. The van der Waals surface area contributed by atoms with E-state index in [0.29, 0.717) is 41.2 Å². The van der Waals surface area contributed by atoms with Crippen molar-refractivity contribution in [2.75, 3.05) is 37.1 Å². The van der Waals surface area contributed by atoms with Gasteiger partial charge in [0, 0.05) is 24.8 Å². The summed E-state index contributed by atoms with van der Waals surface area (Å²) in [6.07, 6.45) is 13.9. The van der Waals surface area contributed by atoms with Crippen molar-refractivity contribution in [2.24, 2.45) is 10.3 Å². The standard InChI is InChI=1S/C24H29N7OS/c1-33(2,3)29-20-8-10-30(11-9-20)21-7-6-18(13-26-21)23-24-19(12-25)14-27-31(24)15-22(28-23)32-16-17-4-5-17/h6-7,13-15,17,20H,1,4-5,8-11,16H2,2-3H3. The molecular weight excluding hydrogens is 434 g/mol. The maximum absolute atomic E-state index is 9.56. The first-order valence-electron chi connectivity index (χ1n) is 11.3. The van der Waals surface area contributed by atoms with Gasteiger partial charge in [-0.25, -0.2) is 14.5 Å². The van der Waals surface area contributed by atoms with Gasteiger partial charge >= 0.3 is 0 Å². The number of hydrogen-bond acceptors (Lipinski definition) is 7. The Morgan fingerprint density at radius 1 is 1.21 bits per heavy atom. The molecule has 0 N–H and O–H groups in total. The van der Waals surface area contributed by atoms with Gasteiger partial charge in [-0.2, -0.15) is 10.4 Å². The number of aromatic nitrogens is 4. The van der Waals surface area contributed by atoms with Crippen molar-refractivity contribution >= 4 is 26.6 Å².